The quantitative estimate of drug-likeness (QED) is 0.608. The molecule has 8 heteroatoms. The summed E-state index contributed by atoms with van der Waals surface area (Å²) in [5, 5.41) is 6.84. The summed E-state index contributed by atoms with van der Waals surface area (Å²) in [4.78, 5) is 30.5. The highest BCUT2D eigenvalue weighted by molar-refractivity contribution is 5.84. The molecule has 3 aliphatic heterocycles. The van der Waals surface area contributed by atoms with Gasteiger partial charge in [0.25, 0.3) is 0 Å². The van der Waals surface area contributed by atoms with Crippen molar-refractivity contribution in [2.75, 3.05) is 26.7 Å². The topological polar surface area (TPSA) is 99.9 Å². The summed E-state index contributed by atoms with van der Waals surface area (Å²) >= 11 is 0. The minimum absolute atomic E-state index is 0.00170. The predicted octanol–water partition coefficient (Wildman–Crippen LogP) is 0.819. The highest BCUT2D eigenvalue weighted by Gasteiger charge is 2.51. The van der Waals surface area contributed by atoms with Gasteiger partial charge in [-0.1, -0.05) is 6.92 Å². The van der Waals surface area contributed by atoms with Gasteiger partial charge in [0.15, 0.2) is 0 Å². The summed E-state index contributed by atoms with van der Waals surface area (Å²) in [7, 11) is 1.78. The maximum Gasteiger partial charge on any atom is 0.229 e. The Morgan fingerprint density at radius 3 is 2.70 bits per heavy atom. The van der Waals surface area contributed by atoms with Gasteiger partial charge in [0.2, 0.25) is 11.8 Å². The molecule has 0 spiro atoms. The van der Waals surface area contributed by atoms with Crippen molar-refractivity contribution in [1.29, 1.82) is 0 Å². The molecule has 0 aromatic carbocycles. The standard InChI is InChI=1S/C22H39N5O3/c1-3-26-19(23)16(21(28)24-13-14-7-9-15(30-2)10-8-14)12-17-20(26)25-18-6-4-5-11-27(18)22(17)29/h14-20,25H,3-13,23H2,1-2H3,(H,24,28). The van der Waals surface area contributed by atoms with Crippen LogP contribution in [-0.2, 0) is 14.3 Å². The van der Waals surface area contributed by atoms with Crippen molar-refractivity contribution < 1.29 is 14.3 Å². The second kappa shape index (κ2) is 9.51. The van der Waals surface area contributed by atoms with E-state index in [1.807, 2.05) is 4.90 Å². The Kier molecular flexibility index (Phi) is 6.97. The van der Waals surface area contributed by atoms with E-state index >= 15 is 0 Å². The second-order valence-corrected chi connectivity index (χ2v) is 9.55. The van der Waals surface area contributed by atoms with Gasteiger partial charge in [-0.3, -0.25) is 19.8 Å². The molecule has 1 aliphatic carbocycles. The molecule has 5 atom stereocenters. The number of nitrogens with two attached hydrogens (primary N) is 1. The van der Waals surface area contributed by atoms with Crippen LogP contribution >= 0.6 is 0 Å². The van der Waals surface area contributed by atoms with Gasteiger partial charge >= 0.3 is 0 Å². The zero-order valence-corrected chi connectivity index (χ0v) is 18.5. The van der Waals surface area contributed by atoms with Gasteiger partial charge in [-0.2, -0.15) is 0 Å². The van der Waals surface area contributed by atoms with Crippen molar-refractivity contribution in [2.45, 2.75) is 82.9 Å². The smallest absolute Gasteiger partial charge is 0.229 e. The van der Waals surface area contributed by atoms with Crippen molar-refractivity contribution in [2.24, 2.45) is 23.5 Å². The van der Waals surface area contributed by atoms with Gasteiger partial charge in [-0.05, 0) is 63.8 Å². The maximum atomic E-state index is 13.3. The number of rotatable bonds is 5. The second-order valence-electron chi connectivity index (χ2n) is 9.55. The monoisotopic (exact) mass is 421 g/mol. The fourth-order valence-electron chi connectivity index (χ4n) is 6.03. The summed E-state index contributed by atoms with van der Waals surface area (Å²) in [5.41, 5.74) is 6.58. The maximum absolute atomic E-state index is 13.3. The number of nitrogens with zero attached hydrogens (tertiary/aromatic N) is 2. The molecule has 1 saturated carbocycles. The molecule has 0 bridgehead atoms. The minimum Gasteiger partial charge on any atom is -0.381 e. The zero-order chi connectivity index (χ0) is 21.3. The van der Waals surface area contributed by atoms with Gasteiger partial charge in [-0.25, -0.2) is 0 Å². The third-order valence-electron chi connectivity index (χ3n) is 7.90. The summed E-state index contributed by atoms with van der Waals surface area (Å²) in [6.45, 7) is 4.29. The fourth-order valence-corrected chi connectivity index (χ4v) is 6.03. The van der Waals surface area contributed by atoms with E-state index in [2.05, 4.69) is 22.5 Å². The lowest BCUT2D eigenvalue weighted by atomic mass is 9.80. The molecular formula is C22H39N5O3. The van der Waals surface area contributed by atoms with E-state index in [9.17, 15) is 9.59 Å². The molecule has 170 valence electrons. The number of hydrogen-bond donors (Lipinski definition) is 3. The number of hydrogen-bond acceptors (Lipinski definition) is 6. The highest BCUT2D eigenvalue weighted by Crippen LogP contribution is 2.36. The van der Waals surface area contributed by atoms with Gasteiger partial charge in [-0.15, -0.1) is 0 Å². The van der Waals surface area contributed by atoms with Crippen molar-refractivity contribution in [3.8, 4) is 0 Å². The summed E-state index contributed by atoms with van der Waals surface area (Å²) in [5.74, 6) is 0.147. The summed E-state index contributed by atoms with van der Waals surface area (Å²) in [6, 6.07) is 0. The van der Waals surface area contributed by atoms with Crippen molar-refractivity contribution in [3.63, 3.8) is 0 Å². The average Bonchev–Trinajstić information content (AvgIpc) is 2.78. The molecule has 0 radical (unpaired) electrons. The number of piperidine rings is 2. The molecule has 8 nitrogen and oxygen atoms in total. The SMILES string of the molecule is CCN1C(N)C(C(=O)NCC2CCC(OC)CC2)CC2C(=O)N3CCCCC3NC21. The minimum atomic E-state index is -0.365. The van der Waals surface area contributed by atoms with Crippen LogP contribution in [0.3, 0.4) is 0 Å². The molecule has 3 heterocycles. The lowest BCUT2D eigenvalue weighted by molar-refractivity contribution is -0.162. The zero-order valence-electron chi connectivity index (χ0n) is 18.5. The Hall–Kier alpha value is -1.22. The van der Waals surface area contributed by atoms with Gasteiger partial charge in [0.05, 0.1) is 36.4 Å². The number of likely N-dealkylation sites (tertiary alicyclic amines) is 1. The van der Waals surface area contributed by atoms with Crippen LogP contribution < -0.4 is 16.4 Å². The molecule has 4 fully saturated rings. The molecule has 0 aromatic heterocycles. The van der Waals surface area contributed by atoms with Crippen LogP contribution in [0.1, 0.15) is 58.3 Å². The molecule has 2 amide bonds. The summed E-state index contributed by atoms with van der Waals surface area (Å²) in [6.07, 6.45) is 8.07. The number of methoxy groups -OCH3 is 1. The molecular weight excluding hydrogens is 382 g/mol. The third-order valence-corrected chi connectivity index (χ3v) is 7.90. The van der Waals surface area contributed by atoms with Crippen molar-refractivity contribution >= 4 is 11.8 Å². The largest absolute Gasteiger partial charge is 0.381 e. The van der Waals surface area contributed by atoms with E-state index in [0.29, 0.717) is 25.0 Å². The molecule has 30 heavy (non-hydrogen) atoms. The molecule has 5 unspecified atom stereocenters. The first-order valence-corrected chi connectivity index (χ1v) is 11.9. The Morgan fingerprint density at radius 2 is 2.00 bits per heavy atom. The van der Waals surface area contributed by atoms with E-state index in [1.165, 1.54) is 0 Å². The van der Waals surface area contributed by atoms with Crippen molar-refractivity contribution in [3.05, 3.63) is 0 Å². The van der Waals surface area contributed by atoms with E-state index < -0.39 is 0 Å². The number of nitrogens with one attached hydrogen (secondary N) is 2. The first-order chi connectivity index (χ1) is 14.5. The van der Waals surface area contributed by atoms with Crippen LogP contribution in [-0.4, -0.2) is 73.0 Å². The van der Waals surface area contributed by atoms with Crippen LogP contribution in [0.25, 0.3) is 0 Å². The lowest BCUT2D eigenvalue weighted by Crippen LogP contribution is -2.74. The van der Waals surface area contributed by atoms with E-state index in [4.69, 9.17) is 10.5 Å². The Bertz CT molecular complexity index is 624. The molecule has 4 rings (SSSR count). The van der Waals surface area contributed by atoms with Crippen LogP contribution in [0.5, 0.6) is 0 Å². The van der Waals surface area contributed by atoms with Crippen LogP contribution in [0.15, 0.2) is 0 Å². The van der Waals surface area contributed by atoms with E-state index in [1.54, 1.807) is 7.11 Å². The fraction of sp³-hybridized carbons (Fsp3) is 0.909. The molecule has 3 saturated heterocycles. The number of ether oxygens (including phenoxy) is 1. The van der Waals surface area contributed by atoms with E-state index in [-0.39, 0.29) is 42.1 Å². The first kappa shape index (κ1) is 22.0. The van der Waals surface area contributed by atoms with E-state index in [0.717, 1.165) is 58.0 Å². The van der Waals surface area contributed by atoms with Crippen LogP contribution in [0, 0.1) is 17.8 Å². The highest BCUT2D eigenvalue weighted by atomic mass is 16.5. The first-order valence-electron chi connectivity index (χ1n) is 11.9. The third kappa shape index (κ3) is 4.24. The molecule has 4 N–H and O–H groups in total. The summed E-state index contributed by atoms with van der Waals surface area (Å²) < 4.78 is 5.45. The van der Waals surface area contributed by atoms with Gasteiger partial charge in [0.1, 0.15) is 0 Å². The molecule has 4 aliphatic rings. The average molecular weight is 422 g/mol. The number of carbonyl (C=O) groups excluding carboxylic acids is 2. The predicted molar refractivity (Wildman–Crippen MR) is 114 cm³/mol. The normalized spacial score (nSPS) is 39.9. The lowest BCUT2D eigenvalue weighted by Gasteiger charge is -2.55. The number of carbonyl (C=O) groups is 2. The van der Waals surface area contributed by atoms with Crippen LogP contribution in [0.2, 0.25) is 0 Å². The number of amides is 2. The Labute approximate surface area is 180 Å². The van der Waals surface area contributed by atoms with Crippen molar-refractivity contribution in [1.82, 2.24) is 20.4 Å². The number of fused-ring (bicyclic) bond motifs is 2. The van der Waals surface area contributed by atoms with Gasteiger partial charge in [0, 0.05) is 20.2 Å². The van der Waals surface area contributed by atoms with Gasteiger partial charge < -0.3 is 20.7 Å². The Balaban J connectivity index is 1.39. The molecule has 0 aromatic rings. The Morgan fingerprint density at radius 1 is 1.23 bits per heavy atom. The van der Waals surface area contributed by atoms with Crippen LogP contribution in [0.4, 0.5) is 0 Å².